The van der Waals surface area contributed by atoms with Gasteiger partial charge in [-0.05, 0) is 53.9 Å². The fourth-order valence-corrected chi connectivity index (χ4v) is 3.17. The number of nitrogens with one attached hydrogen (secondary N) is 1. The summed E-state index contributed by atoms with van der Waals surface area (Å²) in [6.45, 7) is 1.69. The van der Waals surface area contributed by atoms with Crippen molar-refractivity contribution >= 4 is 33.4 Å². The maximum absolute atomic E-state index is 12.2. The van der Waals surface area contributed by atoms with E-state index in [0.717, 1.165) is 25.7 Å². The highest BCUT2D eigenvalue weighted by Gasteiger charge is 2.27. The lowest BCUT2D eigenvalue weighted by Gasteiger charge is -2.29. The van der Waals surface area contributed by atoms with Crippen molar-refractivity contribution in [2.24, 2.45) is 0 Å². The Bertz CT molecular complexity index is 512. The smallest absolute Gasteiger partial charge is 0.261 e. The second-order valence-corrected chi connectivity index (χ2v) is 6.59. The summed E-state index contributed by atoms with van der Waals surface area (Å²) in [4.78, 5) is 12.2. The molecule has 21 heavy (non-hydrogen) atoms. The van der Waals surface area contributed by atoms with Crippen molar-refractivity contribution in [1.29, 1.82) is 0 Å². The first-order chi connectivity index (χ1) is 9.97. The lowest BCUT2D eigenvalue weighted by Crippen LogP contribution is -2.49. The molecule has 0 aliphatic heterocycles. The average Bonchev–Trinajstić information content (AvgIpc) is 2.44. The third-order valence-corrected chi connectivity index (χ3v) is 4.48. The van der Waals surface area contributed by atoms with E-state index in [1.54, 1.807) is 25.1 Å². The quantitative estimate of drug-likeness (QED) is 0.848. The first-order valence-corrected chi connectivity index (χ1v) is 8.24. The van der Waals surface area contributed by atoms with Gasteiger partial charge in [-0.25, -0.2) is 0 Å². The number of carbonyl (C=O) groups excluding carboxylic acids is 1. The first-order valence-electron chi connectivity index (χ1n) is 7.07. The number of aliphatic hydroxyl groups is 1. The van der Waals surface area contributed by atoms with Gasteiger partial charge in [0.05, 0.1) is 16.6 Å². The van der Waals surface area contributed by atoms with Gasteiger partial charge in [-0.3, -0.25) is 4.79 Å². The van der Waals surface area contributed by atoms with E-state index in [2.05, 4.69) is 21.2 Å². The summed E-state index contributed by atoms with van der Waals surface area (Å²) in [7, 11) is 0. The molecule has 116 valence electrons. The SMILES string of the molecule is CC(Oc1ccc(Cl)cc1Br)C(=O)N[C@H]1CCCC[C@@H]1O. The van der Waals surface area contributed by atoms with Gasteiger partial charge in [0, 0.05) is 5.02 Å². The van der Waals surface area contributed by atoms with Crippen molar-refractivity contribution in [3.05, 3.63) is 27.7 Å². The molecule has 0 aromatic heterocycles. The lowest BCUT2D eigenvalue weighted by atomic mass is 9.92. The van der Waals surface area contributed by atoms with E-state index >= 15 is 0 Å². The molecule has 4 nitrogen and oxygen atoms in total. The summed E-state index contributed by atoms with van der Waals surface area (Å²) < 4.78 is 6.34. The molecular formula is C15H19BrClNO3. The Morgan fingerprint density at radius 1 is 1.48 bits per heavy atom. The van der Waals surface area contributed by atoms with Gasteiger partial charge in [-0.1, -0.05) is 24.4 Å². The van der Waals surface area contributed by atoms with Crippen LogP contribution >= 0.6 is 27.5 Å². The van der Waals surface area contributed by atoms with E-state index in [1.165, 1.54) is 0 Å². The summed E-state index contributed by atoms with van der Waals surface area (Å²) in [5.74, 6) is 0.342. The normalized spacial score (nSPS) is 23.4. The number of ether oxygens (including phenoxy) is 1. The van der Waals surface area contributed by atoms with E-state index in [1.807, 2.05) is 0 Å². The highest BCUT2D eigenvalue weighted by molar-refractivity contribution is 9.10. The summed E-state index contributed by atoms with van der Waals surface area (Å²) >= 11 is 9.22. The van der Waals surface area contributed by atoms with Crippen LogP contribution in [0.3, 0.4) is 0 Å². The number of halogens is 2. The van der Waals surface area contributed by atoms with Gasteiger partial charge < -0.3 is 15.2 Å². The molecular weight excluding hydrogens is 358 g/mol. The molecule has 1 amide bonds. The fraction of sp³-hybridized carbons (Fsp3) is 0.533. The molecule has 1 unspecified atom stereocenters. The van der Waals surface area contributed by atoms with Gasteiger partial charge >= 0.3 is 0 Å². The van der Waals surface area contributed by atoms with Gasteiger partial charge in [-0.15, -0.1) is 0 Å². The number of hydrogen-bond donors (Lipinski definition) is 2. The number of aliphatic hydroxyl groups excluding tert-OH is 1. The zero-order valence-corrected chi connectivity index (χ0v) is 14.2. The Labute approximate surface area is 138 Å². The lowest BCUT2D eigenvalue weighted by molar-refractivity contribution is -0.129. The van der Waals surface area contributed by atoms with Crippen molar-refractivity contribution in [1.82, 2.24) is 5.32 Å². The number of benzene rings is 1. The second kappa shape index (κ2) is 7.47. The molecule has 1 saturated carbocycles. The number of amides is 1. The fourth-order valence-electron chi connectivity index (χ4n) is 2.39. The average molecular weight is 377 g/mol. The van der Waals surface area contributed by atoms with Crippen molar-refractivity contribution < 1.29 is 14.6 Å². The third kappa shape index (κ3) is 4.59. The molecule has 0 radical (unpaired) electrons. The molecule has 1 aliphatic rings. The second-order valence-electron chi connectivity index (χ2n) is 5.30. The van der Waals surface area contributed by atoms with E-state index in [0.29, 0.717) is 15.2 Å². The van der Waals surface area contributed by atoms with E-state index < -0.39 is 12.2 Å². The van der Waals surface area contributed by atoms with Crippen LogP contribution in [0.5, 0.6) is 5.75 Å². The summed E-state index contributed by atoms with van der Waals surface area (Å²) in [6, 6.07) is 4.96. The Morgan fingerprint density at radius 2 is 2.19 bits per heavy atom. The highest BCUT2D eigenvalue weighted by Crippen LogP contribution is 2.28. The van der Waals surface area contributed by atoms with E-state index in [-0.39, 0.29) is 11.9 Å². The van der Waals surface area contributed by atoms with Crippen LogP contribution in [0.1, 0.15) is 32.6 Å². The van der Waals surface area contributed by atoms with Crippen LogP contribution in [0.2, 0.25) is 5.02 Å². The standard InChI is InChI=1S/C15H19BrClNO3/c1-9(21-14-7-6-10(17)8-11(14)16)15(20)18-12-4-2-3-5-13(12)19/h6-9,12-13,19H,2-5H2,1H3,(H,18,20)/t9?,12-,13-/m0/s1. The van der Waals surface area contributed by atoms with Gasteiger partial charge in [0.1, 0.15) is 5.75 Å². The van der Waals surface area contributed by atoms with Crippen LogP contribution in [0.25, 0.3) is 0 Å². The highest BCUT2D eigenvalue weighted by atomic mass is 79.9. The van der Waals surface area contributed by atoms with Crippen molar-refractivity contribution in [3.8, 4) is 5.75 Å². The minimum Gasteiger partial charge on any atom is -0.480 e. The Hall–Kier alpha value is -0.780. The molecule has 0 heterocycles. The molecule has 0 spiro atoms. The first kappa shape index (κ1) is 16.6. The van der Waals surface area contributed by atoms with Crippen LogP contribution < -0.4 is 10.1 Å². The maximum Gasteiger partial charge on any atom is 0.261 e. The largest absolute Gasteiger partial charge is 0.480 e. The summed E-state index contributed by atoms with van der Waals surface area (Å²) in [6.07, 6.45) is 2.48. The van der Waals surface area contributed by atoms with Crippen LogP contribution in [-0.4, -0.2) is 29.3 Å². The molecule has 6 heteroatoms. The number of hydrogen-bond acceptors (Lipinski definition) is 3. The number of carbonyl (C=O) groups is 1. The summed E-state index contributed by atoms with van der Waals surface area (Å²) in [5, 5.41) is 13.3. The molecule has 2 rings (SSSR count). The zero-order valence-electron chi connectivity index (χ0n) is 11.8. The topological polar surface area (TPSA) is 58.6 Å². The van der Waals surface area contributed by atoms with Crippen LogP contribution in [0.15, 0.2) is 22.7 Å². The van der Waals surface area contributed by atoms with E-state index in [9.17, 15) is 9.90 Å². The van der Waals surface area contributed by atoms with Crippen molar-refractivity contribution in [3.63, 3.8) is 0 Å². The van der Waals surface area contributed by atoms with Gasteiger partial charge in [0.25, 0.3) is 5.91 Å². The maximum atomic E-state index is 12.2. The minimum atomic E-state index is -0.642. The molecule has 0 saturated heterocycles. The molecule has 1 aromatic carbocycles. The molecule has 1 aromatic rings. The molecule has 0 bridgehead atoms. The number of rotatable bonds is 4. The monoisotopic (exact) mass is 375 g/mol. The van der Waals surface area contributed by atoms with Crippen molar-refractivity contribution in [2.45, 2.75) is 50.9 Å². The summed E-state index contributed by atoms with van der Waals surface area (Å²) in [5.41, 5.74) is 0. The molecule has 1 fully saturated rings. The Balaban J connectivity index is 1.92. The third-order valence-electron chi connectivity index (χ3n) is 3.62. The minimum absolute atomic E-state index is 0.175. The van der Waals surface area contributed by atoms with Gasteiger partial charge in [0.2, 0.25) is 0 Å². The Morgan fingerprint density at radius 3 is 2.86 bits per heavy atom. The molecule has 1 aliphatic carbocycles. The van der Waals surface area contributed by atoms with Crippen LogP contribution in [0, 0.1) is 0 Å². The van der Waals surface area contributed by atoms with Gasteiger partial charge in [0.15, 0.2) is 6.10 Å². The van der Waals surface area contributed by atoms with Crippen LogP contribution in [0.4, 0.5) is 0 Å². The zero-order chi connectivity index (χ0) is 15.4. The molecule has 3 atom stereocenters. The van der Waals surface area contributed by atoms with Gasteiger partial charge in [-0.2, -0.15) is 0 Å². The predicted molar refractivity (Wildman–Crippen MR) is 85.6 cm³/mol. The molecule has 2 N–H and O–H groups in total. The van der Waals surface area contributed by atoms with Crippen LogP contribution in [-0.2, 0) is 4.79 Å². The van der Waals surface area contributed by atoms with Crippen molar-refractivity contribution in [2.75, 3.05) is 0 Å². The Kier molecular flexibility index (Phi) is 5.90. The van der Waals surface area contributed by atoms with E-state index in [4.69, 9.17) is 16.3 Å². The predicted octanol–water partition coefficient (Wildman–Crippen LogP) is 3.29.